The summed E-state index contributed by atoms with van der Waals surface area (Å²) in [5.41, 5.74) is 1.35. The number of halogens is 2. The van der Waals surface area contributed by atoms with Crippen LogP contribution >= 0.6 is 11.3 Å². The SMILES string of the molecule is CCc1sc(-c2cc(F)cc(F)c2)nc1-c1n[nH]nc1C#N. The minimum Gasteiger partial charge on any atom is -0.234 e. The Morgan fingerprint density at radius 3 is 2.55 bits per heavy atom. The molecule has 22 heavy (non-hydrogen) atoms. The van der Waals surface area contributed by atoms with E-state index >= 15 is 0 Å². The molecule has 0 aliphatic carbocycles. The highest BCUT2D eigenvalue weighted by Crippen LogP contribution is 2.34. The lowest BCUT2D eigenvalue weighted by Gasteiger charge is -1.97. The van der Waals surface area contributed by atoms with Gasteiger partial charge in [-0.05, 0) is 18.6 Å². The lowest BCUT2D eigenvalue weighted by Crippen LogP contribution is -1.88. The normalized spacial score (nSPS) is 10.6. The van der Waals surface area contributed by atoms with Gasteiger partial charge in [-0.2, -0.15) is 15.6 Å². The van der Waals surface area contributed by atoms with E-state index < -0.39 is 11.6 Å². The molecule has 2 aromatic heterocycles. The Bertz CT molecular complexity index is 857. The average molecular weight is 317 g/mol. The second-order valence-corrected chi connectivity index (χ2v) is 5.52. The number of nitrogens with one attached hydrogen (secondary N) is 1. The van der Waals surface area contributed by atoms with E-state index in [-0.39, 0.29) is 5.69 Å². The summed E-state index contributed by atoms with van der Waals surface area (Å²) in [6.45, 7) is 1.93. The molecule has 2 heterocycles. The fraction of sp³-hybridized carbons (Fsp3) is 0.143. The fourth-order valence-electron chi connectivity index (χ4n) is 2.05. The topological polar surface area (TPSA) is 78.2 Å². The van der Waals surface area contributed by atoms with Crippen LogP contribution in [-0.2, 0) is 6.42 Å². The first kappa shape index (κ1) is 14.3. The van der Waals surface area contributed by atoms with Crippen molar-refractivity contribution in [2.45, 2.75) is 13.3 Å². The van der Waals surface area contributed by atoms with Gasteiger partial charge >= 0.3 is 0 Å². The largest absolute Gasteiger partial charge is 0.234 e. The molecular weight excluding hydrogens is 308 g/mol. The zero-order valence-corrected chi connectivity index (χ0v) is 12.2. The molecule has 8 heteroatoms. The molecule has 0 aliphatic heterocycles. The van der Waals surface area contributed by atoms with Crippen LogP contribution in [0.4, 0.5) is 8.78 Å². The molecule has 0 radical (unpaired) electrons. The van der Waals surface area contributed by atoms with E-state index in [4.69, 9.17) is 5.26 Å². The van der Waals surface area contributed by atoms with Crippen molar-refractivity contribution in [3.8, 4) is 28.0 Å². The van der Waals surface area contributed by atoms with Gasteiger partial charge in [-0.1, -0.05) is 6.92 Å². The zero-order valence-electron chi connectivity index (χ0n) is 11.4. The molecule has 110 valence electrons. The van der Waals surface area contributed by atoms with Crippen molar-refractivity contribution >= 4 is 11.3 Å². The van der Waals surface area contributed by atoms with E-state index in [0.717, 1.165) is 10.9 Å². The minimum atomic E-state index is -0.663. The fourth-order valence-corrected chi connectivity index (χ4v) is 3.04. The summed E-state index contributed by atoms with van der Waals surface area (Å²) in [6.07, 6.45) is 0.655. The number of hydrogen-bond acceptors (Lipinski definition) is 5. The van der Waals surface area contributed by atoms with Gasteiger partial charge in [-0.3, -0.25) is 0 Å². The molecule has 0 unspecified atom stereocenters. The van der Waals surface area contributed by atoms with Crippen LogP contribution in [0.5, 0.6) is 0 Å². The predicted molar refractivity (Wildman–Crippen MR) is 76.9 cm³/mol. The van der Waals surface area contributed by atoms with Crippen molar-refractivity contribution in [3.05, 3.63) is 40.4 Å². The summed E-state index contributed by atoms with van der Waals surface area (Å²) in [5, 5.41) is 19.6. The first-order valence-electron chi connectivity index (χ1n) is 6.39. The molecule has 0 fully saturated rings. The van der Waals surface area contributed by atoms with Gasteiger partial charge in [0, 0.05) is 16.5 Å². The van der Waals surface area contributed by atoms with E-state index in [0.29, 0.717) is 28.4 Å². The second-order valence-electron chi connectivity index (χ2n) is 4.44. The highest BCUT2D eigenvalue weighted by Gasteiger charge is 2.19. The van der Waals surface area contributed by atoms with E-state index in [1.54, 1.807) is 0 Å². The van der Waals surface area contributed by atoms with E-state index in [1.807, 2.05) is 13.0 Å². The summed E-state index contributed by atoms with van der Waals surface area (Å²) in [7, 11) is 0. The molecule has 0 spiro atoms. The van der Waals surface area contributed by atoms with Crippen molar-refractivity contribution < 1.29 is 8.78 Å². The van der Waals surface area contributed by atoms with Crippen LogP contribution in [0.25, 0.3) is 22.0 Å². The van der Waals surface area contributed by atoms with Crippen LogP contribution in [0.1, 0.15) is 17.5 Å². The van der Waals surface area contributed by atoms with Gasteiger partial charge in [0.25, 0.3) is 0 Å². The summed E-state index contributed by atoms with van der Waals surface area (Å²) in [4.78, 5) is 5.26. The average Bonchev–Trinajstić information content (AvgIpc) is 3.11. The van der Waals surface area contributed by atoms with Gasteiger partial charge in [0.05, 0.1) is 0 Å². The maximum absolute atomic E-state index is 13.4. The molecule has 5 nitrogen and oxygen atoms in total. The highest BCUT2D eigenvalue weighted by molar-refractivity contribution is 7.15. The Labute approximate surface area is 128 Å². The molecule has 3 rings (SSSR count). The molecule has 0 bridgehead atoms. The third-order valence-corrected chi connectivity index (χ3v) is 4.25. The van der Waals surface area contributed by atoms with Gasteiger partial charge in [-0.15, -0.1) is 16.4 Å². The molecule has 3 aromatic rings. The summed E-state index contributed by atoms with van der Waals surface area (Å²) in [5.74, 6) is -1.33. The van der Waals surface area contributed by atoms with Crippen LogP contribution in [0.2, 0.25) is 0 Å². The number of hydrogen-bond donors (Lipinski definition) is 1. The monoisotopic (exact) mass is 317 g/mol. The third-order valence-electron chi connectivity index (χ3n) is 3.01. The maximum Gasteiger partial charge on any atom is 0.192 e. The van der Waals surface area contributed by atoms with Crippen LogP contribution in [0, 0.1) is 23.0 Å². The van der Waals surface area contributed by atoms with Crippen molar-refractivity contribution in [1.82, 2.24) is 20.4 Å². The summed E-state index contributed by atoms with van der Waals surface area (Å²) in [6, 6.07) is 5.18. The van der Waals surface area contributed by atoms with Gasteiger partial charge in [0.1, 0.15) is 28.4 Å². The van der Waals surface area contributed by atoms with Crippen molar-refractivity contribution in [2.24, 2.45) is 0 Å². The number of thiazole rings is 1. The quantitative estimate of drug-likeness (QED) is 0.804. The standard InChI is InChI=1S/C14H9F2N5S/c1-2-11-13(12-10(6-17)19-21-20-12)18-14(22-11)7-3-8(15)5-9(16)4-7/h3-5H,2H2,1H3,(H,19,20,21). The minimum absolute atomic E-state index is 0.136. The van der Waals surface area contributed by atoms with Crippen LogP contribution in [0.15, 0.2) is 18.2 Å². The number of aromatic nitrogens is 4. The Kier molecular flexibility index (Phi) is 3.65. The van der Waals surface area contributed by atoms with Crippen LogP contribution in [-0.4, -0.2) is 20.4 Å². The molecule has 0 aliphatic rings. The van der Waals surface area contributed by atoms with E-state index in [9.17, 15) is 8.78 Å². The van der Waals surface area contributed by atoms with Crippen molar-refractivity contribution in [2.75, 3.05) is 0 Å². The molecule has 0 saturated heterocycles. The summed E-state index contributed by atoms with van der Waals surface area (Å²) < 4.78 is 26.7. The summed E-state index contributed by atoms with van der Waals surface area (Å²) >= 11 is 1.31. The van der Waals surface area contributed by atoms with Gasteiger partial charge in [0.15, 0.2) is 11.4 Å². The molecule has 1 aromatic carbocycles. The van der Waals surface area contributed by atoms with Crippen molar-refractivity contribution in [1.29, 1.82) is 5.26 Å². The molecular formula is C14H9F2N5S. The molecule has 0 amide bonds. The Morgan fingerprint density at radius 2 is 1.91 bits per heavy atom. The number of rotatable bonds is 3. The van der Waals surface area contributed by atoms with Crippen LogP contribution < -0.4 is 0 Å². The van der Waals surface area contributed by atoms with Gasteiger partial charge in [-0.25, -0.2) is 13.8 Å². The van der Waals surface area contributed by atoms with Crippen LogP contribution in [0.3, 0.4) is 0 Å². The van der Waals surface area contributed by atoms with Gasteiger partial charge < -0.3 is 0 Å². The Morgan fingerprint density at radius 1 is 1.18 bits per heavy atom. The number of benzene rings is 1. The number of nitriles is 1. The lowest BCUT2D eigenvalue weighted by atomic mass is 10.2. The first-order chi connectivity index (χ1) is 10.6. The molecule has 0 atom stereocenters. The predicted octanol–water partition coefficient (Wildman–Crippen LogP) is 3.31. The number of aryl methyl sites for hydroxylation is 1. The lowest BCUT2D eigenvalue weighted by molar-refractivity contribution is 0.584. The Balaban J connectivity index is 2.15. The number of H-pyrrole nitrogens is 1. The third kappa shape index (κ3) is 2.46. The molecule has 0 saturated carbocycles. The molecule has 1 N–H and O–H groups in total. The van der Waals surface area contributed by atoms with Gasteiger partial charge in [0.2, 0.25) is 0 Å². The smallest absolute Gasteiger partial charge is 0.192 e. The van der Waals surface area contributed by atoms with E-state index in [1.165, 1.54) is 23.5 Å². The maximum atomic E-state index is 13.4. The zero-order chi connectivity index (χ0) is 15.7. The number of nitrogens with zero attached hydrogens (tertiary/aromatic N) is 4. The van der Waals surface area contributed by atoms with Crippen molar-refractivity contribution in [3.63, 3.8) is 0 Å². The first-order valence-corrected chi connectivity index (χ1v) is 7.21. The highest BCUT2D eigenvalue weighted by atomic mass is 32.1. The number of aromatic amines is 1. The van der Waals surface area contributed by atoms with E-state index in [2.05, 4.69) is 20.4 Å². The second kappa shape index (κ2) is 5.61. The Hall–Kier alpha value is -2.66.